The summed E-state index contributed by atoms with van der Waals surface area (Å²) >= 11 is 0. The van der Waals surface area contributed by atoms with E-state index in [1.54, 1.807) is 0 Å². The Hall–Kier alpha value is -10.0. The zero-order valence-electron chi connectivity index (χ0n) is 66.3. The molecular weight excluding hydrogens is 1480 g/mol. The molecule has 0 amide bonds. The molecule has 0 bridgehead atoms. The Morgan fingerprint density at radius 1 is 0.153 bits per heavy atom. The molecule has 118 heavy (non-hydrogen) atoms. The van der Waals surface area contributed by atoms with Crippen molar-refractivity contribution >= 4 is 0 Å². The van der Waals surface area contributed by atoms with Gasteiger partial charge in [0.05, 0.1) is 92.5 Å². The highest BCUT2D eigenvalue weighted by Crippen LogP contribution is 2.43. The van der Waals surface area contributed by atoms with Gasteiger partial charge in [-0.15, -0.1) is 0 Å². The number of rotatable bonds is 42. The first-order valence-corrected chi connectivity index (χ1v) is 40.9. The second-order valence-corrected chi connectivity index (χ2v) is 29.9. The molecule has 12 aromatic rings. The van der Waals surface area contributed by atoms with Crippen molar-refractivity contribution in [2.45, 2.75) is 177 Å². The Kier molecular flexibility index (Phi) is 31.5. The summed E-state index contributed by atoms with van der Waals surface area (Å²) in [5.41, 5.74) is 11.1. The molecule has 0 aromatic heterocycles. The fourth-order valence-electron chi connectivity index (χ4n) is 15.3. The van der Waals surface area contributed by atoms with Crippen LogP contribution in [0, 0.1) is 0 Å². The second-order valence-electron chi connectivity index (χ2n) is 29.9. The largest absolute Gasteiger partial charge is 0.374 e. The van der Waals surface area contributed by atoms with Crippen molar-refractivity contribution in [2.24, 2.45) is 0 Å². The van der Waals surface area contributed by atoms with Crippen molar-refractivity contribution in [3.63, 3.8) is 0 Å². The summed E-state index contributed by atoms with van der Waals surface area (Å²) in [6.45, 7) is 1.97. The first-order valence-electron chi connectivity index (χ1n) is 40.9. The summed E-state index contributed by atoms with van der Waals surface area (Å²) in [5.74, 6) is 0. The maximum atomic E-state index is 8.32. The van der Waals surface area contributed by atoms with E-state index in [1.807, 2.05) is 364 Å². The van der Waals surface area contributed by atoms with Gasteiger partial charge in [0, 0.05) is 0 Å². The van der Waals surface area contributed by atoms with Gasteiger partial charge in [-0.05, 0) is 66.8 Å². The van der Waals surface area contributed by atoms with Gasteiger partial charge in [0.1, 0.15) is 85.5 Å². The molecule has 16 heteroatoms. The van der Waals surface area contributed by atoms with E-state index in [4.69, 9.17) is 75.8 Å². The molecule has 2 saturated heterocycles. The minimum Gasteiger partial charge on any atom is -0.374 e. The molecule has 0 N–H and O–H groups in total. The van der Waals surface area contributed by atoms with E-state index in [-0.39, 0.29) is 92.5 Å². The van der Waals surface area contributed by atoms with E-state index in [9.17, 15) is 0 Å². The van der Waals surface area contributed by atoms with Crippen LogP contribution < -0.4 is 0 Å². The highest BCUT2D eigenvalue weighted by atomic mass is 16.8. The highest BCUT2D eigenvalue weighted by molar-refractivity contribution is 5.24. The van der Waals surface area contributed by atoms with Crippen LogP contribution in [-0.2, 0) is 155 Å². The third-order valence-electron chi connectivity index (χ3n) is 21.3. The molecule has 0 spiro atoms. The molecule has 0 radical (unpaired) electrons. The Morgan fingerprint density at radius 2 is 0.297 bits per heavy atom. The molecule has 12 aromatic carbocycles. The predicted octanol–water partition coefficient (Wildman–Crippen LogP) is 18.5. The molecule has 15 rings (SSSR count). The number of ether oxygens (including phenoxy) is 16. The van der Waals surface area contributed by atoms with Gasteiger partial charge in [0.2, 0.25) is 0 Å². The van der Waals surface area contributed by atoms with Gasteiger partial charge in [0.15, 0.2) is 12.6 Å². The fraction of sp³-hybridized carbons (Fsp3) is 0.294. The topological polar surface area (TPSA) is 148 Å². The predicted molar refractivity (Wildman–Crippen MR) is 449 cm³/mol. The third-order valence-corrected chi connectivity index (χ3v) is 21.3. The molecule has 3 fully saturated rings. The first kappa shape index (κ1) is 83.1. The maximum Gasteiger partial charge on any atom is 0.187 e. The highest BCUT2D eigenvalue weighted by Gasteiger charge is 2.61. The second kappa shape index (κ2) is 44.7. The number of hydrogen-bond acceptors (Lipinski definition) is 16. The quantitative estimate of drug-likeness (QED) is 0.0357. The lowest BCUT2D eigenvalue weighted by Crippen LogP contribution is -2.71. The van der Waals surface area contributed by atoms with E-state index < -0.39 is 98.0 Å². The summed E-state index contributed by atoms with van der Waals surface area (Å²) in [6.07, 6.45) is -17.1. The number of benzene rings is 12. The number of hydrogen-bond donors (Lipinski definition) is 0. The Morgan fingerprint density at radius 3 is 0.483 bits per heavy atom. The smallest absolute Gasteiger partial charge is 0.187 e. The lowest BCUT2D eigenvalue weighted by molar-refractivity contribution is -0.389. The lowest BCUT2D eigenvalue weighted by atomic mass is 9.83. The molecule has 2 unspecified atom stereocenters. The Bertz CT molecular complexity index is 4420. The average Bonchev–Trinajstić information content (AvgIpc) is 0.744. The lowest BCUT2D eigenvalue weighted by Gasteiger charge is -2.54. The van der Waals surface area contributed by atoms with Crippen LogP contribution in [0.25, 0.3) is 0 Å². The van der Waals surface area contributed by atoms with Gasteiger partial charge in [-0.2, -0.15) is 0 Å². The van der Waals surface area contributed by atoms with Gasteiger partial charge < -0.3 is 75.8 Å². The van der Waals surface area contributed by atoms with Crippen molar-refractivity contribution in [1.29, 1.82) is 0 Å². The van der Waals surface area contributed by atoms with Gasteiger partial charge in [0.25, 0.3) is 0 Å². The van der Waals surface area contributed by atoms with Crippen LogP contribution in [0.5, 0.6) is 0 Å². The van der Waals surface area contributed by atoms with Crippen LogP contribution in [-0.4, -0.2) is 111 Å². The van der Waals surface area contributed by atoms with Crippen LogP contribution in [0.1, 0.15) is 66.8 Å². The van der Waals surface area contributed by atoms with Crippen molar-refractivity contribution in [2.75, 3.05) is 13.2 Å². The van der Waals surface area contributed by atoms with Crippen molar-refractivity contribution < 1.29 is 75.8 Å². The minimum absolute atomic E-state index is 0.0341. The van der Waals surface area contributed by atoms with Crippen LogP contribution in [0.3, 0.4) is 0 Å². The van der Waals surface area contributed by atoms with Gasteiger partial charge in [-0.3, -0.25) is 0 Å². The van der Waals surface area contributed by atoms with E-state index in [0.717, 1.165) is 66.8 Å². The maximum absolute atomic E-state index is 8.32. The van der Waals surface area contributed by atoms with Gasteiger partial charge in [-0.1, -0.05) is 364 Å². The Labute approximate surface area is 693 Å². The van der Waals surface area contributed by atoms with E-state index in [2.05, 4.69) is 0 Å². The monoisotopic (exact) mass is 1580 g/mol. The normalized spacial score (nSPS) is 23.8. The van der Waals surface area contributed by atoms with Crippen molar-refractivity contribution in [3.8, 4) is 0 Å². The summed E-state index contributed by atoms with van der Waals surface area (Å²) in [4.78, 5) is 0. The molecular formula is C102H104O16. The van der Waals surface area contributed by atoms with Gasteiger partial charge in [-0.25, -0.2) is 0 Å². The Balaban J connectivity index is 0.929. The van der Waals surface area contributed by atoms with Crippen LogP contribution in [0.15, 0.2) is 364 Å². The molecule has 16 atom stereocenters. The van der Waals surface area contributed by atoms with Crippen LogP contribution in [0.2, 0.25) is 0 Å². The summed E-state index contributed by atoms with van der Waals surface area (Å²) in [6, 6.07) is 121. The van der Waals surface area contributed by atoms with Crippen LogP contribution in [0.4, 0.5) is 0 Å². The van der Waals surface area contributed by atoms with E-state index >= 15 is 0 Å². The molecule has 1 aliphatic carbocycles. The molecule has 1 saturated carbocycles. The SMILES string of the molecule is c1ccc(COC[C@H]2OC(O[C@@H]3[C@@H](OCc4ccccc4)[C@H](OCc4ccccc4)[C@@H](OCc4ccccc4)[C@@H](OCc4ccccc4)[C@@H]3OC3O[C@H](COCc4ccccc4)[C@@H](OCc4ccccc4)[C@H](OCc4ccccc4)[C@@H]3OCc3ccccc3)[C@@H](OCc3ccccc3)[C@@H](OCc3ccccc3)[C@@H]2OCc2ccccc2)cc1. The molecule has 2 aliphatic heterocycles. The molecule has 3 aliphatic rings. The average molecular weight is 1590 g/mol. The minimum atomic E-state index is -1.36. The van der Waals surface area contributed by atoms with E-state index in [0.29, 0.717) is 0 Å². The van der Waals surface area contributed by atoms with E-state index in [1.165, 1.54) is 0 Å². The summed E-state index contributed by atoms with van der Waals surface area (Å²) < 4.78 is 121. The standard InChI is InChI=1S/C102H104O16/c1-13-37-75(38-14-1)61-103-73-87-89(105-63-77-41-17-3-18-42-77)91(107-65-79-45-21-5-22-46-79)99(113-71-85-57-33-11-34-58-85)101(115-87)117-97-95(111-69-83-53-29-9-30-54-83)93(109-67-81-49-25-7-26-50-81)94(110-68-82-51-27-8-28-52-82)96(112-70-84-55-31-10-32-56-84)98(97)118-102-100(114-72-86-59-35-12-36-60-86)92(108-66-80-47-23-6-24-48-80)90(106-64-78-43-19-4-20-44-78)88(116-102)74-104-62-76-39-15-2-16-40-76/h1-60,87-102H,61-74H2/t87-,88-,89-,90-,91+,92+,93-,94-,95-,96+,97+,98-,99+,100+,101?,102?/m1/s1. The first-order chi connectivity index (χ1) is 58.5. The summed E-state index contributed by atoms with van der Waals surface area (Å²) in [5, 5.41) is 0. The summed E-state index contributed by atoms with van der Waals surface area (Å²) in [7, 11) is 0. The van der Waals surface area contributed by atoms with Crippen LogP contribution >= 0.6 is 0 Å². The fourth-order valence-corrected chi connectivity index (χ4v) is 15.3. The molecule has 2 heterocycles. The van der Waals surface area contributed by atoms with Crippen molar-refractivity contribution in [3.05, 3.63) is 431 Å². The third kappa shape index (κ3) is 24.1. The molecule has 16 nitrogen and oxygen atoms in total. The zero-order chi connectivity index (χ0) is 79.8. The van der Waals surface area contributed by atoms with Crippen molar-refractivity contribution in [1.82, 2.24) is 0 Å². The van der Waals surface area contributed by atoms with Gasteiger partial charge >= 0.3 is 0 Å². The zero-order valence-corrected chi connectivity index (χ0v) is 66.3. The molecule has 608 valence electrons.